The van der Waals surface area contributed by atoms with Crippen molar-refractivity contribution in [1.29, 1.82) is 0 Å². The first-order valence-electron chi connectivity index (χ1n) is 10.5. The average molecular weight is 456 g/mol. The molecule has 0 bridgehead atoms. The number of rotatable bonds is 8. The number of benzene rings is 2. The summed E-state index contributed by atoms with van der Waals surface area (Å²) in [5.74, 6) is 0.250. The standard InChI is InChI=1S/C23H26ClN5OS/c1-17-8-2-5-11-20(17)29-16-26-27-23(29)31-15-22(30)25-14-21(28-12-6-7-13-28)18-9-3-4-10-19(18)24/h2-5,8-11,16,21H,6-7,12-15H2,1H3,(H,25,30)/t21-/m1/s1. The minimum atomic E-state index is -0.0272. The fourth-order valence-corrected chi connectivity index (χ4v) is 4.96. The SMILES string of the molecule is Cc1ccccc1-n1cnnc1SCC(=O)NC[C@H](c1ccccc1Cl)N1CCCC1. The van der Waals surface area contributed by atoms with E-state index in [1.54, 1.807) is 6.33 Å². The quantitative estimate of drug-likeness (QED) is 0.514. The summed E-state index contributed by atoms with van der Waals surface area (Å²) in [5.41, 5.74) is 3.21. The number of aryl methyl sites for hydroxylation is 1. The Kier molecular flexibility index (Phi) is 7.27. The van der Waals surface area contributed by atoms with Crippen molar-refractivity contribution in [1.82, 2.24) is 25.0 Å². The Bertz CT molecular complexity index is 1030. The van der Waals surface area contributed by atoms with Gasteiger partial charge in [0, 0.05) is 11.6 Å². The monoisotopic (exact) mass is 455 g/mol. The molecule has 1 fully saturated rings. The van der Waals surface area contributed by atoms with E-state index < -0.39 is 0 Å². The molecule has 2 aromatic carbocycles. The van der Waals surface area contributed by atoms with Gasteiger partial charge in [-0.3, -0.25) is 14.3 Å². The number of nitrogens with one attached hydrogen (secondary N) is 1. The summed E-state index contributed by atoms with van der Waals surface area (Å²) in [6, 6.07) is 16.0. The van der Waals surface area contributed by atoms with Crippen LogP contribution in [0.15, 0.2) is 60.0 Å². The third-order valence-corrected chi connectivity index (χ3v) is 6.85. The Labute approximate surface area is 192 Å². The second-order valence-corrected chi connectivity index (χ2v) is 8.99. The summed E-state index contributed by atoms with van der Waals surface area (Å²) in [6.07, 6.45) is 4.04. The Balaban J connectivity index is 1.38. The van der Waals surface area contributed by atoms with E-state index in [0.29, 0.717) is 11.7 Å². The lowest BCUT2D eigenvalue weighted by molar-refractivity contribution is -0.118. The van der Waals surface area contributed by atoms with Crippen molar-refractivity contribution in [2.75, 3.05) is 25.4 Å². The number of thioether (sulfide) groups is 1. The molecule has 1 aliphatic rings. The van der Waals surface area contributed by atoms with E-state index >= 15 is 0 Å². The highest BCUT2D eigenvalue weighted by atomic mass is 35.5. The van der Waals surface area contributed by atoms with Crippen molar-refractivity contribution in [3.8, 4) is 5.69 Å². The number of hydrogen-bond acceptors (Lipinski definition) is 5. The van der Waals surface area contributed by atoms with Gasteiger partial charge in [0.2, 0.25) is 5.91 Å². The second kappa shape index (κ2) is 10.3. The fraction of sp³-hybridized carbons (Fsp3) is 0.348. The summed E-state index contributed by atoms with van der Waals surface area (Å²) >= 11 is 7.85. The van der Waals surface area contributed by atoms with Crippen LogP contribution >= 0.6 is 23.4 Å². The van der Waals surface area contributed by atoms with Crippen molar-refractivity contribution in [2.45, 2.75) is 31.0 Å². The first kappa shape index (κ1) is 21.9. The molecule has 0 radical (unpaired) electrons. The normalized spacial score (nSPS) is 15.2. The molecule has 0 aliphatic carbocycles. The molecule has 6 nitrogen and oxygen atoms in total. The van der Waals surface area contributed by atoms with E-state index in [9.17, 15) is 4.79 Å². The summed E-state index contributed by atoms with van der Waals surface area (Å²) in [5, 5.41) is 12.8. The van der Waals surface area contributed by atoms with Crippen LogP contribution in [0, 0.1) is 6.92 Å². The van der Waals surface area contributed by atoms with E-state index in [0.717, 1.165) is 34.9 Å². The Hall–Kier alpha value is -2.35. The lowest BCUT2D eigenvalue weighted by Crippen LogP contribution is -2.37. The van der Waals surface area contributed by atoms with Crippen LogP contribution in [0.5, 0.6) is 0 Å². The minimum Gasteiger partial charge on any atom is -0.353 e. The van der Waals surface area contributed by atoms with E-state index in [1.807, 2.05) is 54.0 Å². The summed E-state index contributed by atoms with van der Waals surface area (Å²) in [7, 11) is 0. The van der Waals surface area contributed by atoms with Crippen LogP contribution in [0.1, 0.15) is 30.0 Å². The minimum absolute atomic E-state index is 0.0272. The average Bonchev–Trinajstić information content (AvgIpc) is 3.46. The molecule has 3 aromatic rings. The van der Waals surface area contributed by atoms with E-state index in [4.69, 9.17) is 11.6 Å². The summed E-state index contributed by atoms with van der Waals surface area (Å²) < 4.78 is 1.92. The fourth-order valence-electron chi connectivity index (χ4n) is 3.95. The van der Waals surface area contributed by atoms with E-state index in [1.165, 1.54) is 24.6 Å². The zero-order valence-electron chi connectivity index (χ0n) is 17.5. The van der Waals surface area contributed by atoms with E-state index in [2.05, 4.69) is 26.5 Å². The third-order valence-electron chi connectivity index (χ3n) is 5.56. The number of para-hydroxylation sites is 1. The van der Waals surface area contributed by atoms with Gasteiger partial charge >= 0.3 is 0 Å². The van der Waals surface area contributed by atoms with Crippen LogP contribution in [0.2, 0.25) is 5.02 Å². The van der Waals surface area contributed by atoms with Gasteiger partial charge in [-0.05, 0) is 56.1 Å². The molecule has 8 heteroatoms. The number of carbonyl (C=O) groups is 1. The Morgan fingerprint density at radius 3 is 2.68 bits per heavy atom. The first-order valence-corrected chi connectivity index (χ1v) is 11.8. The maximum atomic E-state index is 12.6. The molecule has 1 N–H and O–H groups in total. The van der Waals surface area contributed by atoms with Crippen molar-refractivity contribution < 1.29 is 4.79 Å². The molecule has 2 heterocycles. The van der Waals surface area contributed by atoms with Gasteiger partial charge in [-0.2, -0.15) is 0 Å². The number of halogens is 1. The van der Waals surface area contributed by atoms with Crippen LogP contribution in [-0.2, 0) is 4.79 Å². The van der Waals surface area contributed by atoms with Crippen LogP contribution in [0.3, 0.4) is 0 Å². The lowest BCUT2D eigenvalue weighted by Gasteiger charge is -2.29. The molecule has 4 rings (SSSR count). The first-order chi connectivity index (χ1) is 15.1. The molecule has 0 spiro atoms. The maximum Gasteiger partial charge on any atom is 0.230 e. The molecule has 0 saturated carbocycles. The van der Waals surface area contributed by atoms with Crippen molar-refractivity contribution in [2.24, 2.45) is 0 Å². The third kappa shape index (κ3) is 5.29. The van der Waals surface area contributed by atoms with Crippen LogP contribution in [-0.4, -0.2) is 51.0 Å². The topological polar surface area (TPSA) is 63.1 Å². The smallest absolute Gasteiger partial charge is 0.230 e. The van der Waals surface area contributed by atoms with Gasteiger partial charge in [-0.15, -0.1) is 10.2 Å². The van der Waals surface area contributed by atoms with Gasteiger partial charge in [0.25, 0.3) is 0 Å². The Morgan fingerprint density at radius 2 is 1.90 bits per heavy atom. The predicted octanol–water partition coefficient (Wildman–Crippen LogP) is 4.27. The molecule has 162 valence electrons. The van der Waals surface area contributed by atoms with Gasteiger partial charge in [-0.1, -0.05) is 59.8 Å². The number of amides is 1. The molecular formula is C23H26ClN5OS. The zero-order chi connectivity index (χ0) is 21.6. The van der Waals surface area contributed by atoms with Crippen molar-refractivity contribution in [3.63, 3.8) is 0 Å². The highest BCUT2D eigenvalue weighted by Crippen LogP contribution is 2.30. The van der Waals surface area contributed by atoms with Gasteiger partial charge in [0.05, 0.1) is 17.5 Å². The number of carbonyl (C=O) groups excluding carboxylic acids is 1. The number of likely N-dealkylation sites (tertiary alicyclic amines) is 1. The molecule has 0 unspecified atom stereocenters. The molecule has 31 heavy (non-hydrogen) atoms. The number of hydrogen-bond donors (Lipinski definition) is 1. The number of aromatic nitrogens is 3. The second-order valence-electron chi connectivity index (χ2n) is 7.64. The predicted molar refractivity (Wildman–Crippen MR) is 125 cm³/mol. The number of nitrogens with zero attached hydrogens (tertiary/aromatic N) is 4. The lowest BCUT2D eigenvalue weighted by atomic mass is 10.1. The molecular weight excluding hydrogens is 430 g/mol. The van der Waals surface area contributed by atoms with Crippen LogP contribution in [0.4, 0.5) is 0 Å². The van der Waals surface area contributed by atoms with Gasteiger partial charge in [-0.25, -0.2) is 0 Å². The molecule has 1 aliphatic heterocycles. The van der Waals surface area contributed by atoms with E-state index in [-0.39, 0.29) is 17.7 Å². The van der Waals surface area contributed by atoms with Crippen molar-refractivity contribution >= 4 is 29.3 Å². The summed E-state index contributed by atoms with van der Waals surface area (Å²) in [6.45, 7) is 4.64. The molecule has 1 aromatic heterocycles. The van der Waals surface area contributed by atoms with Gasteiger partial charge in [0.1, 0.15) is 6.33 Å². The molecule has 1 saturated heterocycles. The summed E-state index contributed by atoms with van der Waals surface area (Å²) in [4.78, 5) is 15.1. The van der Waals surface area contributed by atoms with Gasteiger partial charge in [0.15, 0.2) is 5.16 Å². The molecule has 1 atom stereocenters. The zero-order valence-corrected chi connectivity index (χ0v) is 19.1. The Morgan fingerprint density at radius 1 is 1.16 bits per heavy atom. The highest BCUT2D eigenvalue weighted by Gasteiger charge is 2.25. The molecule has 1 amide bonds. The highest BCUT2D eigenvalue weighted by molar-refractivity contribution is 7.99. The van der Waals surface area contributed by atoms with Crippen LogP contribution < -0.4 is 5.32 Å². The van der Waals surface area contributed by atoms with Gasteiger partial charge < -0.3 is 5.32 Å². The van der Waals surface area contributed by atoms with Crippen molar-refractivity contribution in [3.05, 3.63) is 71.0 Å². The van der Waals surface area contributed by atoms with Crippen LogP contribution in [0.25, 0.3) is 5.69 Å². The maximum absolute atomic E-state index is 12.6. The largest absolute Gasteiger partial charge is 0.353 e.